The van der Waals surface area contributed by atoms with Crippen molar-refractivity contribution in [2.45, 2.75) is 52.4 Å². The van der Waals surface area contributed by atoms with E-state index in [-0.39, 0.29) is 10.8 Å². The van der Waals surface area contributed by atoms with Gasteiger partial charge in [0.25, 0.3) is 0 Å². The SMILES string of the molecule is COc1cc(C(C)(C)C)c(OC(=O)c2cccc(Br)c2OC)c(C(C)(C)C)c1. The van der Waals surface area contributed by atoms with Crippen LogP contribution in [0.2, 0.25) is 0 Å². The third-order valence-corrected chi connectivity index (χ3v) is 5.12. The van der Waals surface area contributed by atoms with Crippen LogP contribution >= 0.6 is 15.9 Å². The molecule has 0 heterocycles. The van der Waals surface area contributed by atoms with Crippen LogP contribution in [0.5, 0.6) is 17.2 Å². The van der Waals surface area contributed by atoms with Crippen LogP contribution in [0.15, 0.2) is 34.8 Å². The first-order chi connectivity index (χ1) is 12.9. The molecule has 0 spiro atoms. The lowest BCUT2D eigenvalue weighted by Crippen LogP contribution is -2.22. The summed E-state index contributed by atoms with van der Waals surface area (Å²) >= 11 is 3.42. The van der Waals surface area contributed by atoms with Gasteiger partial charge >= 0.3 is 5.97 Å². The van der Waals surface area contributed by atoms with Gasteiger partial charge in [0.1, 0.15) is 22.8 Å². The molecule has 0 aliphatic rings. The van der Waals surface area contributed by atoms with E-state index in [0.29, 0.717) is 21.5 Å². The van der Waals surface area contributed by atoms with Gasteiger partial charge in [-0.1, -0.05) is 47.6 Å². The lowest BCUT2D eigenvalue weighted by Gasteiger charge is -2.30. The summed E-state index contributed by atoms with van der Waals surface area (Å²) in [4.78, 5) is 13.1. The number of ether oxygens (including phenoxy) is 3. The Hall–Kier alpha value is -2.01. The van der Waals surface area contributed by atoms with Crippen LogP contribution in [0.4, 0.5) is 0 Å². The Kier molecular flexibility index (Phi) is 6.49. The minimum Gasteiger partial charge on any atom is -0.497 e. The highest BCUT2D eigenvalue weighted by Crippen LogP contribution is 2.43. The summed E-state index contributed by atoms with van der Waals surface area (Å²) in [5.74, 6) is 1.32. The van der Waals surface area contributed by atoms with Crippen molar-refractivity contribution in [2.24, 2.45) is 0 Å². The first-order valence-corrected chi connectivity index (χ1v) is 9.97. The molecular formula is C23H29BrO4. The highest BCUT2D eigenvalue weighted by Gasteiger charge is 2.30. The summed E-state index contributed by atoms with van der Waals surface area (Å²) in [6.45, 7) is 12.5. The molecule has 0 amide bonds. The summed E-state index contributed by atoms with van der Waals surface area (Å²) in [6, 6.07) is 9.19. The first-order valence-electron chi connectivity index (χ1n) is 9.17. The Balaban J connectivity index is 2.67. The molecule has 0 radical (unpaired) electrons. The van der Waals surface area contributed by atoms with Crippen molar-refractivity contribution in [1.82, 2.24) is 0 Å². The number of halogens is 1. The molecule has 0 unspecified atom stereocenters. The fraction of sp³-hybridized carbons (Fsp3) is 0.435. The van der Waals surface area contributed by atoms with Crippen molar-refractivity contribution in [2.75, 3.05) is 14.2 Å². The summed E-state index contributed by atoms with van der Waals surface area (Å²) in [7, 11) is 3.18. The standard InChI is InChI=1S/C23H29BrO4/c1-22(2,3)16-12-14(26-7)13-17(23(4,5)6)20(16)28-21(25)15-10-9-11-18(24)19(15)27-8/h9-13H,1-8H3. The number of rotatable bonds is 4. The second-order valence-electron chi connectivity index (χ2n) is 8.76. The zero-order valence-electron chi connectivity index (χ0n) is 17.9. The van der Waals surface area contributed by atoms with Crippen LogP contribution in [-0.4, -0.2) is 20.2 Å². The molecule has 2 aromatic rings. The topological polar surface area (TPSA) is 44.8 Å². The molecule has 0 saturated heterocycles. The molecule has 0 bridgehead atoms. The van der Waals surface area contributed by atoms with Crippen molar-refractivity contribution in [3.8, 4) is 17.2 Å². The van der Waals surface area contributed by atoms with E-state index in [2.05, 4.69) is 57.5 Å². The fourth-order valence-corrected chi connectivity index (χ4v) is 3.50. The van der Waals surface area contributed by atoms with Crippen molar-refractivity contribution in [3.63, 3.8) is 0 Å². The quantitative estimate of drug-likeness (QED) is 0.407. The number of methoxy groups -OCH3 is 2. The second kappa shape index (κ2) is 8.16. The summed E-state index contributed by atoms with van der Waals surface area (Å²) in [5.41, 5.74) is 1.71. The second-order valence-corrected chi connectivity index (χ2v) is 9.62. The lowest BCUT2D eigenvalue weighted by molar-refractivity contribution is 0.0725. The third kappa shape index (κ3) is 4.69. The molecule has 0 atom stereocenters. The van der Waals surface area contributed by atoms with Crippen LogP contribution in [0.1, 0.15) is 63.0 Å². The minimum atomic E-state index is -0.459. The smallest absolute Gasteiger partial charge is 0.347 e. The van der Waals surface area contributed by atoms with Gasteiger partial charge in [-0.05, 0) is 51.0 Å². The maximum absolute atomic E-state index is 13.1. The molecule has 0 aliphatic heterocycles. The zero-order valence-corrected chi connectivity index (χ0v) is 19.5. The number of para-hydroxylation sites is 1. The van der Waals surface area contributed by atoms with Gasteiger partial charge in [0.2, 0.25) is 0 Å². The van der Waals surface area contributed by atoms with Gasteiger partial charge < -0.3 is 14.2 Å². The van der Waals surface area contributed by atoms with Gasteiger partial charge in [-0.15, -0.1) is 0 Å². The van der Waals surface area contributed by atoms with Gasteiger partial charge in [0, 0.05) is 11.1 Å². The van der Waals surface area contributed by atoms with E-state index >= 15 is 0 Å². The molecule has 0 aliphatic carbocycles. The molecule has 5 heteroatoms. The monoisotopic (exact) mass is 448 g/mol. The Morgan fingerprint density at radius 2 is 1.39 bits per heavy atom. The lowest BCUT2D eigenvalue weighted by atomic mass is 9.79. The third-order valence-electron chi connectivity index (χ3n) is 4.50. The molecule has 0 fully saturated rings. The number of hydrogen-bond acceptors (Lipinski definition) is 4. The molecule has 2 aromatic carbocycles. The minimum absolute atomic E-state index is 0.245. The van der Waals surface area contributed by atoms with Crippen LogP contribution < -0.4 is 14.2 Å². The molecule has 0 saturated carbocycles. The average Bonchev–Trinajstić information content (AvgIpc) is 2.59. The molecule has 4 nitrogen and oxygen atoms in total. The van der Waals surface area contributed by atoms with Gasteiger partial charge in [-0.2, -0.15) is 0 Å². The van der Waals surface area contributed by atoms with E-state index in [1.165, 1.54) is 7.11 Å². The first kappa shape index (κ1) is 22.3. The van der Waals surface area contributed by atoms with E-state index in [1.807, 2.05) is 18.2 Å². The van der Waals surface area contributed by atoms with Crippen molar-refractivity contribution >= 4 is 21.9 Å². The Morgan fingerprint density at radius 1 is 0.857 bits per heavy atom. The number of benzene rings is 2. The predicted octanol–water partition coefficient (Wildman–Crippen LogP) is 6.28. The summed E-state index contributed by atoms with van der Waals surface area (Å²) in [5, 5.41) is 0. The number of carbonyl (C=O) groups excluding carboxylic acids is 1. The van der Waals surface area contributed by atoms with E-state index in [9.17, 15) is 4.79 Å². The average molecular weight is 449 g/mol. The molecule has 28 heavy (non-hydrogen) atoms. The molecule has 0 aromatic heterocycles. The van der Waals surface area contributed by atoms with E-state index in [1.54, 1.807) is 19.2 Å². The maximum atomic E-state index is 13.1. The number of esters is 1. The number of carbonyl (C=O) groups is 1. The maximum Gasteiger partial charge on any atom is 0.347 e. The van der Waals surface area contributed by atoms with Crippen LogP contribution in [0, 0.1) is 0 Å². The van der Waals surface area contributed by atoms with Crippen molar-refractivity contribution in [3.05, 3.63) is 51.5 Å². The zero-order chi connectivity index (χ0) is 21.3. The van der Waals surface area contributed by atoms with Crippen LogP contribution in [0.3, 0.4) is 0 Å². The molecule has 2 rings (SSSR count). The summed E-state index contributed by atoms with van der Waals surface area (Å²) < 4.78 is 17.6. The Bertz CT molecular complexity index is 838. The van der Waals surface area contributed by atoms with E-state index in [4.69, 9.17) is 14.2 Å². The highest BCUT2D eigenvalue weighted by molar-refractivity contribution is 9.10. The van der Waals surface area contributed by atoms with Crippen LogP contribution in [0.25, 0.3) is 0 Å². The van der Waals surface area contributed by atoms with E-state index in [0.717, 1.165) is 16.9 Å². The normalized spacial score (nSPS) is 11.9. The molecular weight excluding hydrogens is 420 g/mol. The van der Waals surface area contributed by atoms with Gasteiger partial charge in [-0.3, -0.25) is 0 Å². The molecule has 0 N–H and O–H groups in total. The van der Waals surface area contributed by atoms with E-state index < -0.39 is 5.97 Å². The van der Waals surface area contributed by atoms with Gasteiger partial charge in [-0.25, -0.2) is 4.79 Å². The molecule has 152 valence electrons. The number of hydrogen-bond donors (Lipinski definition) is 0. The van der Waals surface area contributed by atoms with Crippen LogP contribution in [-0.2, 0) is 10.8 Å². The van der Waals surface area contributed by atoms with Gasteiger partial charge in [0.15, 0.2) is 0 Å². The van der Waals surface area contributed by atoms with Crippen molar-refractivity contribution < 1.29 is 19.0 Å². The fourth-order valence-electron chi connectivity index (χ4n) is 2.97. The predicted molar refractivity (Wildman–Crippen MR) is 116 cm³/mol. The Labute approximate surface area is 176 Å². The van der Waals surface area contributed by atoms with Crippen molar-refractivity contribution in [1.29, 1.82) is 0 Å². The Morgan fingerprint density at radius 3 is 1.82 bits per heavy atom. The largest absolute Gasteiger partial charge is 0.497 e. The summed E-state index contributed by atoms with van der Waals surface area (Å²) in [6.07, 6.45) is 0. The van der Waals surface area contributed by atoms with Gasteiger partial charge in [0.05, 0.1) is 18.7 Å². The highest BCUT2D eigenvalue weighted by atomic mass is 79.9.